The van der Waals surface area contributed by atoms with E-state index < -0.39 is 0 Å². The Labute approximate surface area is 146 Å². The standard InChI is InChI=1S/C21H19NO3/c1-13-17(10-16-9-15-7-8-25-21(15)12-19(16)23)20(24)11-18(22-13)14-5-3-2-4-6-14/h2-6,9,12,23H,7-8,10-11H2,1H3. The molecule has 0 unspecified atom stereocenters. The molecule has 0 atom stereocenters. The van der Waals surface area contributed by atoms with E-state index in [-0.39, 0.29) is 11.5 Å². The average Bonchev–Trinajstić information content (AvgIpc) is 3.05. The van der Waals surface area contributed by atoms with Gasteiger partial charge in [0.2, 0.25) is 0 Å². The first-order valence-corrected chi connectivity index (χ1v) is 8.45. The van der Waals surface area contributed by atoms with Crippen molar-refractivity contribution in [1.82, 2.24) is 0 Å². The maximum atomic E-state index is 12.7. The van der Waals surface area contributed by atoms with E-state index in [2.05, 4.69) is 4.99 Å². The zero-order chi connectivity index (χ0) is 17.4. The van der Waals surface area contributed by atoms with Crippen LogP contribution in [-0.2, 0) is 17.6 Å². The summed E-state index contributed by atoms with van der Waals surface area (Å²) in [5, 5.41) is 10.3. The summed E-state index contributed by atoms with van der Waals surface area (Å²) in [5.41, 5.74) is 5.03. The van der Waals surface area contributed by atoms with Crippen molar-refractivity contribution in [3.63, 3.8) is 0 Å². The number of carbonyl (C=O) groups is 1. The molecule has 2 aromatic carbocycles. The van der Waals surface area contributed by atoms with Crippen LogP contribution in [0.3, 0.4) is 0 Å². The van der Waals surface area contributed by atoms with Crippen LogP contribution in [0, 0.1) is 0 Å². The molecule has 0 spiro atoms. The molecule has 2 aliphatic rings. The Hall–Kier alpha value is -2.88. The number of allylic oxidation sites excluding steroid dienone is 2. The van der Waals surface area contributed by atoms with E-state index in [1.165, 1.54) is 0 Å². The number of hydrogen-bond acceptors (Lipinski definition) is 4. The van der Waals surface area contributed by atoms with Crippen LogP contribution < -0.4 is 4.74 Å². The van der Waals surface area contributed by atoms with Gasteiger partial charge in [-0.25, -0.2) is 0 Å². The molecule has 4 rings (SSSR count). The van der Waals surface area contributed by atoms with Crippen molar-refractivity contribution in [3.8, 4) is 11.5 Å². The molecule has 2 aromatic rings. The quantitative estimate of drug-likeness (QED) is 0.933. The lowest BCUT2D eigenvalue weighted by Crippen LogP contribution is -2.19. The predicted molar refractivity (Wildman–Crippen MR) is 96.3 cm³/mol. The number of fused-ring (bicyclic) bond motifs is 1. The number of nitrogens with zero attached hydrogens (tertiary/aromatic N) is 1. The number of hydrogen-bond donors (Lipinski definition) is 1. The molecule has 0 saturated carbocycles. The first kappa shape index (κ1) is 15.6. The number of rotatable bonds is 3. The highest BCUT2D eigenvalue weighted by Crippen LogP contribution is 2.34. The third kappa shape index (κ3) is 2.95. The molecule has 2 heterocycles. The first-order chi connectivity index (χ1) is 12.1. The molecule has 0 aliphatic carbocycles. The fraction of sp³-hybridized carbons (Fsp3) is 0.238. The Morgan fingerprint density at radius 3 is 2.76 bits per heavy atom. The number of ketones is 1. The number of phenols is 1. The lowest BCUT2D eigenvalue weighted by Gasteiger charge is -2.17. The molecule has 25 heavy (non-hydrogen) atoms. The van der Waals surface area contributed by atoms with Crippen molar-refractivity contribution < 1.29 is 14.6 Å². The van der Waals surface area contributed by atoms with Crippen LogP contribution >= 0.6 is 0 Å². The van der Waals surface area contributed by atoms with Gasteiger partial charge >= 0.3 is 0 Å². The van der Waals surface area contributed by atoms with Crippen molar-refractivity contribution in [3.05, 3.63) is 70.4 Å². The summed E-state index contributed by atoms with van der Waals surface area (Å²) in [4.78, 5) is 17.3. The smallest absolute Gasteiger partial charge is 0.166 e. The van der Waals surface area contributed by atoms with Crippen molar-refractivity contribution in [1.29, 1.82) is 0 Å². The van der Waals surface area contributed by atoms with Gasteiger partial charge < -0.3 is 9.84 Å². The second-order valence-electron chi connectivity index (χ2n) is 6.45. The average molecular weight is 333 g/mol. The van der Waals surface area contributed by atoms with E-state index in [1.54, 1.807) is 6.07 Å². The molecule has 1 N–H and O–H groups in total. The number of ether oxygens (including phenoxy) is 1. The zero-order valence-corrected chi connectivity index (χ0v) is 14.1. The van der Waals surface area contributed by atoms with Gasteiger partial charge in [0.05, 0.1) is 18.7 Å². The van der Waals surface area contributed by atoms with E-state index in [9.17, 15) is 9.90 Å². The maximum Gasteiger partial charge on any atom is 0.166 e. The predicted octanol–water partition coefficient (Wildman–Crippen LogP) is 3.61. The van der Waals surface area contributed by atoms with Crippen molar-refractivity contribution in [2.24, 2.45) is 4.99 Å². The summed E-state index contributed by atoms with van der Waals surface area (Å²) in [6.07, 6.45) is 1.53. The normalized spacial score (nSPS) is 16.5. The molecule has 4 nitrogen and oxygen atoms in total. The lowest BCUT2D eigenvalue weighted by molar-refractivity contribution is -0.114. The van der Waals surface area contributed by atoms with Gasteiger partial charge in [-0.15, -0.1) is 0 Å². The van der Waals surface area contributed by atoms with Gasteiger partial charge in [-0.1, -0.05) is 30.3 Å². The van der Waals surface area contributed by atoms with Crippen molar-refractivity contribution in [2.45, 2.75) is 26.2 Å². The number of phenolic OH excluding ortho intramolecular Hbond substituents is 1. The molecule has 0 bridgehead atoms. The molecule has 0 saturated heterocycles. The van der Waals surface area contributed by atoms with Crippen molar-refractivity contribution >= 4 is 11.5 Å². The lowest BCUT2D eigenvalue weighted by atomic mass is 9.91. The summed E-state index contributed by atoms with van der Waals surface area (Å²) in [7, 11) is 0. The molecule has 0 amide bonds. The highest BCUT2D eigenvalue weighted by molar-refractivity contribution is 6.18. The number of aromatic hydroxyl groups is 1. The SMILES string of the molecule is CC1=C(Cc2cc3c(cc2O)OCC3)C(=O)CC(c2ccccc2)=N1. The van der Waals surface area contributed by atoms with Crippen LogP contribution in [-0.4, -0.2) is 23.2 Å². The Bertz CT molecular complexity index is 910. The summed E-state index contributed by atoms with van der Waals surface area (Å²) < 4.78 is 5.47. The monoisotopic (exact) mass is 333 g/mol. The fourth-order valence-corrected chi connectivity index (χ4v) is 3.39. The minimum Gasteiger partial charge on any atom is -0.508 e. The van der Waals surface area contributed by atoms with Gasteiger partial charge in [-0.05, 0) is 29.7 Å². The minimum atomic E-state index is 0.0718. The minimum absolute atomic E-state index is 0.0718. The van der Waals surface area contributed by atoms with Crippen molar-refractivity contribution in [2.75, 3.05) is 6.61 Å². The second-order valence-corrected chi connectivity index (χ2v) is 6.45. The van der Waals surface area contributed by atoms with E-state index in [4.69, 9.17) is 4.74 Å². The Kier molecular flexibility index (Phi) is 3.88. The summed E-state index contributed by atoms with van der Waals surface area (Å²) in [6.45, 7) is 2.51. The third-order valence-corrected chi connectivity index (χ3v) is 4.77. The van der Waals surface area contributed by atoms with Crippen LogP contribution in [0.4, 0.5) is 0 Å². The van der Waals surface area contributed by atoms with Crippen LogP contribution in [0.5, 0.6) is 11.5 Å². The number of aliphatic imine (C=N–C) groups is 1. The Balaban J connectivity index is 1.67. The van der Waals surface area contributed by atoms with Crippen LogP contribution in [0.25, 0.3) is 0 Å². The number of Topliss-reactive ketones (excluding diaryl/α,β-unsaturated/α-hetero) is 1. The van der Waals surface area contributed by atoms with Gasteiger partial charge in [-0.2, -0.15) is 0 Å². The van der Waals surface area contributed by atoms with Gasteiger partial charge in [0.15, 0.2) is 5.78 Å². The highest BCUT2D eigenvalue weighted by atomic mass is 16.5. The van der Waals surface area contributed by atoms with Crippen LogP contribution in [0.2, 0.25) is 0 Å². The molecule has 0 aromatic heterocycles. The summed E-state index contributed by atoms with van der Waals surface area (Å²) in [6, 6.07) is 13.4. The zero-order valence-electron chi connectivity index (χ0n) is 14.1. The largest absolute Gasteiger partial charge is 0.508 e. The summed E-state index contributed by atoms with van der Waals surface area (Å²) >= 11 is 0. The van der Waals surface area contributed by atoms with E-state index >= 15 is 0 Å². The topological polar surface area (TPSA) is 58.9 Å². The van der Waals surface area contributed by atoms with E-state index in [1.807, 2.05) is 43.3 Å². The molecular formula is C21H19NO3. The van der Waals surface area contributed by atoms with Gasteiger partial charge in [0.1, 0.15) is 11.5 Å². The van der Waals surface area contributed by atoms with E-state index in [0.29, 0.717) is 25.0 Å². The van der Waals surface area contributed by atoms with Gasteiger partial charge in [-0.3, -0.25) is 9.79 Å². The molecule has 0 fully saturated rings. The maximum absolute atomic E-state index is 12.7. The third-order valence-electron chi connectivity index (χ3n) is 4.77. The second kappa shape index (κ2) is 6.20. The van der Waals surface area contributed by atoms with Crippen LogP contribution in [0.15, 0.2) is 58.7 Å². The molecule has 4 heteroatoms. The van der Waals surface area contributed by atoms with Gasteiger partial charge in [0, 0.05) is 30.2 Å². The number of benzene rings is 2. The molecule has 0 radical (unpaired) electrons. The summed E-state index contributed by atoms with van der Waals surface area (Å²) in [5.74, 6) is 0.986. The van der Waals surface area contributed by atoms with Crippen LogP contribution in [0.1, 0.15) is 30.0 Å². The molecule has 126 valence electrons. The van der Waals surface area contributed by atoms with Gasteiger partial charge in [0.25, 0.3) is 0 Å². The molecular weight excluding hydrogens is 314 g/mol. The number of carbonyl (C=O) groups excluding carboxylic acids is 1. The highest BCUT2D eigenvalue weighted by Gasteiger charge is 2.24. The molecule has 2 aliphatic heterocycles. The first-order valence-electron chi connectivity index (χ1n) is 8.45. The van der Waals surface area contributed by atoms with E-state index in [0.717, 1.165) is 40.3 Å². The fourth-order valence-electron chi connectivity index (χ4n) is 3.39. The Morgan fingerprint density at radius 2 is 2.00 bits per heavy atom. The Morgan fingerprint density at radius 1 is 1.20 bits per heavy atom.